The Labute approximate surface area is 122 Å². The van der Waals surface area contributed by atoms with Crippen molar-refractivity contribution in [3.8, 4) is 0 Å². The van der Waals surface area contributed by atoms with Gasteiger partial charge < -0.3 is 19.5 Å². The van der Waals surface area contributed by atoms with Crippen LogP contribution in [0.4, 0.5) is 0 Å². The van der Waals surface area contributed by atoms with Crippen molar-refractivity contribution < 1.29 is 24.2 Å². The molecule has 1 heterocycles. The third kappa shape index (κ3) is 2.08. The van der Waals surface area contributed by atoms with Gasteiger partial charge in [0, 0.05) is 19.7 Å². The average Bonchev–Trinajstić information content (AvgIpc) is 2.70. The Kier molecular flexibility index (Phi) is 3.99. The Hall–Kier alpha value is -2.34. The van der Waals surface area contributed by atoms with Crippen LogP contribution in [0.15, 0.2) is 41.7 Å². The van der Waals surface area contributed by atoms with E-state index in [1.165, 1.54) is 14.2 Å². The molecule has 0 bridgehead atoms. The minimum absolute atomic E-state index is 0.0993. The number of likely N-dealkylation sites (N-methyl/N-ethyl adjacent to an activating group) is 1. The number of methoxy groups -OCH3 is 1. The highest BCUT2D eigenvalue weighted by atomic mass is 16.5. The number of nitrogens with zero attached hydrogens (tertiary/aromatic N) is 1. The Balaban J connectivity index is 2.67. The van der Waals surface area contributed by atoms with Gasteiger partial charge in [0.2, 0.25) is 11.6 Å². The molecule has 112 valence electrons. The third-order valence-corrected chi connectivity index (χ3v) is 3.48. The van der Waals surface area contributed by atoms with E-state index in [0.717, 1.165) is 4.90 Å². The molecule has 0 saturated heterocycles. The lowest BCUT2D eigenvalue weighted by atomic mass is 9.94. The quantitative estimate of drug-likeness (QED) is 0.737. The topological polar surface area (TPSA) is 78.9 Å². The maximum absolute atomic E-state index is 12.2. The predicted octanol–water partition coefficient (Wildman–Crippen LogP) is 0.135. The molecule has 0 N–H and O–H groups in total. The van der Waals surface area contributed by atoms with E-state index in [-0.39, 0.29) is 12.2 Å². The summed E-state index contributed by atoms with van der Waals surface area (Å²) < 4.78 is 10.4. The van der Waals surface area contributed by atoms with Crippen molar-refractivity contribution in [2.24, 2.45) is 0 Å². The maximum atomic E-state index is 12.2. The van der Waals surface area contributed by atoms with Crippen molar-refractivity contribution in [2.45, 2.75) is 12.6 Å². The maximum Gasteiger partial charge on any atom is 0.338 e. The minimum atomic E-state index is -1.55. The minimum Gasteiger partial charge on any atom is -0.868 e. The number of amides is 1. The van der Waals surface area contributed by atoms with Crippen molar-refractivity contribution in [2.75, 3.05) is 20.8 Å². The van der Waals surface area contributed by atoms with Crippen LogP contribution in [0.5, 0.6) is 0 Å². The predicted molar refractivity (Wildman–Crippen MR) is 71.6 cm³/mol. The van der Waals surface area contributed by atoms with Gasteiger partial charge in [-0.1, -0.05) is 30.3 Å². The van der Waals surface area contributed by atoms with E-state index < -0.39 is 23.4 Å². The van der Waals surface area contributed by atoms with Crippen molar-refractivity contribution in [3.05, 3.63) is 47.2 Å². The number of benzene rings is 1. The summed E-state index contributed by atoms with van der Waals surface area (Å²) in [4.78, 5) is 25.3. The van der Waals surface area contributed by atoms with Crippen LogP contribution in [-0.2, 0) is 24.8 Å². The van der Waals surface area contributed by atoms with Gasteiger partial charge in [-0.2, -0.15) is 0 Å². The van der Waals surface area contributed by atoms with Gasteiger partial charge in [-0.15, -0.1) is 0 Å². The van der Waals surface area contributed by atoms with Crippen LogP contribution in [0.1, 0.15) is 12.5 Å². The smallest absolute Gasteiger partial charge is 0.338 e. The van der Waals surface area contributed by atoms with E-state index in [4.69, 9.17) is 9.47 Å². The first-order valence-electron chi connectivity index (χ1n) is 6.48. The summed E-state index contributed by atoms with van der Waals surface area (Å²) in [6.45, 7) is 1.72. The fraction of sp³-hybridized carbons (Fsp3) is 0.333. The first-order valence-corrected chi connectivity index (χ1v) is 6.48. The molecule has 6 heteroatoms. The van der Waals surface area contributed by atoms with E-state index in [2.05, 4.69) is 0 Å². The summed E-state index contributed by atoms with van der Waals surface area (Å²) in [5.74, 6) is -2.55. The van der Waals surface area contributed by atoms with Gasteiger partial charge in [0.05, 0.1) is 12.2 Å². The average molecular weight is 290 g/mol. The first kappa shape index (κ1) is 15.1. The molecule has 1 aromatic carbocycles. The second-order valence-corrected chi connectivity index (χ2v) is 4.50. The van der Waals surface area contributed by atoms with Crippen LogP contribution < -0.4 is 5.11 Å². The molecule has 1 aromatic rings. The van der Waals surface area contributed by atoms with Gasteiger partial charge >= 0.3 is 5.97 Å². The number of esters is 1. The van der Waals surface area contributed by atoms with Gasteiger partial charge in [-0.3, -0.25) is 4.79 Å². The molecule has 0 spiro atoms. The van der Waals surface area contributed by atoms with Crippen molar-refractivity contribution in [3.63, 3.8) is 0 Å². The highest BCUT2D eigenvalue weighted by molar-refractivity contribution is 6.06. The molecule has 0 aromatic heterocycles. The molecule has 0 fully saturated rings. The second-order valence-electron chi connectivity index (χ2n) is 4.50. The van der Waals surface area contributed by atoms with Gasteiger partial charge in [0.25, 0.3) is 0 Å². The molecule has 0 saturated carbocycles. The summed E-state index contributed by atoms with van der Waals surface area (Å²) >= 11 is 0. The van der Waals surface area contributed by atoms with E-state index in [0.29, 0.717) is 5.56 Å². The SMILES string of the molecule is CCOC(=O)C1=C([O-])C(=O)N(C)C1(OC)c1ccccc1. The van der Waals surface area contributed by atoms with Crippen LogP contribution in [0.3, 0.4) is 0 Å². The lowest BCUT2D eigenvalue weighted by Crippen LogP contribution is -2.46. The molecule has 1 aliphatic heterocycles. The Bertz CT molecular complexity index is 595. The number of rotatable bonds is 4. The molecule has 21 heavy (non-hydrogen) atoms. The number of ether oxygens (including phenoxy) is 2. The number of hydrogen-bond donors (Lipinski definition) is 0. The largest absolute Gasteiger partial charge is 0.868 e. The zero-order chi connectivity index (χ0) is 15.6. The van der Waals surface area contributed by atoms with Crippen molar-refractivity contribution >= 4 is 11.9 Å². The standard InChI is InChI=1S/C15H17NO5/c1-4-21-14(19)11-12(17)13(18)16(2)15(11,20-3)10-8-6-5-7-9-10/h5-9,17H,4H2,1-3H3/p-1. The van der Waals surface area contributed by atoms with Gasteiger partial charge in [-0.05, 0) is 12.7 Å². The lowest BCUT2D eigenvalue weighted by molar-refractivity contribution is -0.299. The zero-order valence-electron chi connectivity index (χ0n) is 12.1. The molecule has 0 aliphatic carbocycles. The lowest BCUT2D eigenvalue weighted by Gasteiger charge is -2.37. The van der Waals surface area contributed by atoms with Crippen LogP contribution in [0.2, 0.25) is 0 Å². The van der Waals surface area contributed by atoms with Gasteiger partial charge in [0.1, 0.15) is 0 Å². The Morgan fingerprint density at radius 2 is 1.95 bits per heavy atom. The first-order chi connectivity index (χ1) is 10.0. The fourth-order valence-corrected chi connectivity index (χ4v) is 2.52. The van der Waals surface area contributed by atoms with E-state index in [1.807, 2.05) is 0 Å². The molecular formula is C15H16NO5-. The monoisotopic (exact) mass is 290 g/mol. The van der Waals surface area contributed by atoms with E-state index in [9.17, 15) is 14.7 Å². The molecular weight excluding hydrogens is 274 g/mol. The number of carbonyl (C=O) groups excluding carboxylic acids is 2. The van der Waals surface area contributed by atoms with Crippen LogP contribution >= 0.6 is 0 Å². The number of carbonyl (C=O) groups is 2. The van der Waals surface area contributed by atoms with Crippen LogP contribution in [-0.4, -0.2) is 37.5 Å². The van der Waals surface area contributed by atoms with E-state index >= 15 is 0 Å². The van der Waals surface area contributed by atoms with Crippen molar-refractivity contribution in [1.29, 1.82) is 0 Å². The summed E-state index contributed by atoms with van der Waals surface area (Å²) in [6, 6.07) is 8.63. The van der Waals surface area contributed by atoms with E-state index in [1.54, 1.807) is 37.3 Å². The highest BCUT2D eigenvalue weighted by Crippen LogP contribution is 2.42. The second kappa shape index (κ2) is 5.57. The molecule has 6 nitrogen and oxygen atoms in total. The Morgan fingerprint density at radius 3 is 2.48 bits per heavy atom. The van der Waals surface area contributed by atoms with Gasteiger partial charge in [-0.25, -0.2) is 4.79 Å². The van der Waals surface area contributed by atoms with Gasteiger partial charge in [0.15, 0.2) is 0 Å². The molecule has 1 amide bonds. The van der Waals surface area contributed by atoms with Crippen LogP contribution in [0, 0.1) is 0 Å². The molecule has 1 aliphatic rings. The summed E-state index contributed by atoms with van der Waals surface area (Å²) in [6.07, 6.45) is 0. The third-order valence-electron chi connectivity index (χ3n) is 3.48. The zero-order valence-corrected chi connectivity index (χ0v) is 12.1. The molecule has 0 radical (unpaired) electrons. The van der Waals surface area contributed by atoms with Crippen molar-refractivity contribution in [1.82, 2.24) is 4.90 Å². The summed E-state index contributed by atoms with van der Waals surface area (Å²) in [5.41, 5.74) is -1.36. The fourth-order valence-electron chi connectivity index (χ4n) is 2.52. The molecule has 1 atom stereocenters. The molecule has 1 unspecified atom stereocenters. The summed E-state index contributed by atoms with van der Waals surface area (Å²) in [7, 11) is 2.76. The Morgan fingerprint density at radius 1 is 1.33 bits per heavy atom. The highest BCUT2D eigenvalue weighted by Gasteiger charge is 2.52. The van der Waals surface area contributed by atoms with Crippen LogP contribution in [0.25, 0.3) is 0 Å². The number of hydrogen-bond acceptors (Lipinski definition) is 5. The molecule has 2 rings (SSSR count). The summed E-state index contributed by atoms with van der Waals surface area (Å²) in [5, 5.41) is 12.2. The normalized spacial score (nSPS) is 21.9.